The van der Waals surface area contributed by atoms with Gasteiger partial charge >= 0.3 is 0 Å². The highest BCUT2D eigenvalue weighted by atomic mass is 16.5. The first kappa shape index (κ1) is 14.9. The molecule has 0 saturated carbocycles. The minimum absolute atomic E-state index is 0.355. The van der Waals surface area contributed by atoms with Gasteiger partial charge in [-0.25, -0.2) is 0 Å². The van der Waals surface area contributed by atoms with Gasteiger partial charge < -0.3 is 14.8 Å². The Morgan fingerprint density at radius 3 is 2.67 bits per heavy atom. The number of nitrogens with zero attached hydrogens (tertiary/aromatic N) is 1. The number of nitriles is 1. The lowest BCUT2D eigenvalue weighted by molar-refractivity contribution is 0.299. The summed E-state index contributed by atoms with van der Waals surface area (Å²) in [4.78, 5) is 0. The Balaban J connectivity index is 2.20. The smallest absolute Gasteiger partial charge is 0.127 e. The average Bonchev–Trinajstić information content (AvgIpc) is 2.54. The van der Waals surface area contributed by atoms with Crippen LogP contribution in [0.15, 0.2) is 42.5 Å². The van der Waals surface area contributed by atoms with Gasteiger partial charge in [0.15, 0.2) is 0 Å². The number of methoxy groups -OCH3 is 1. The Bertz CT molecular complexity index is 647. The Morgan fingerprint density at radius 1 is 1.14 bits per heavy atom. The lowest BCUT2D eigenvalue weighted by Crippen LogP contribution is -2.08. The monoisotopic (exact) mass is 282 g/mol. The molecule has 2 aromatic rings. The fourth-order valence-electron chi connectivity index (χ4n) is 2.04. The summed E-state index contributed by atoms with van der Waals surface area (Å²) >= 11 is 0. The van der Waals surface area contributed by atoms with Gasteiger partial charge in [0.2, 0.25) is 0 Å². The average molecular weight is 282 g/mol. The van der Waals surface area contributed by atoms with Crippen molar-refractivity contribution in [2.75, 3.05) is 14.2 Å². The van der Waals surface area contributed by atoms with E-state index < -0.39 is 0 Å². The summed E-state index contributed by atoms with van der Waals surface area (Å²) in [7, 11) is 3.51. The summed E-state index contributed by atoms with van der Waals surface area (Å²) in [5.41, 5.74) is 2.56. The molecule has 0 atom stereocenters. The first-order chi connectivity index (χ1) is 10.3. The molecular weight excluding hydrogens is 264 g/mol. The van der Waals surface area contributed by atoms with Crippen molar-refractivity contribution in [3.05, 3.63) is 59.2 Å². The van der Waals surface area contributed by atoms with E-state index in [1.807, 2.05) is 43.4 Å². The number of rotatable bonds is 6. The predicted molar refractivity (Wildman–Crippen MR) is 81.2 cm³/mol. The molecule has 1 N–H and O–H groups in total. The second-order valence-electron chi connectivity index (χ2n) is 4.56. The van der Waals surface area contributed by atoms with Gasteiger partial charge in [0.05, 0.1) is 18.7 Å². The molecule has 2 rings (SSSR count). The highest BCUT2D eigenvalue weighted by Crippen LogP contribution is 2.26. The molecule has 0 aromatic heterocycles. The molecule has 0 aliphatic heterocycles. The van der Waals surface area contributed by atoms with Crippen LogP contribution < -0.4 is 14.8 Å². The Kier molecular flexibility index (Phi) is 5.19. The van der Waals surface area contributed by atoms with E-state index in [9.17, 15) is 0 Å². The van der Waals surface area contributed by atoms with Gasteiger partial charge in [-0.1, -0.05) is 24.3 Å². The summed E-state index contributed by atoms with van der Waals surface area (Å²) < 4.78 is 11.1. The van der Waals surface area contributed by atoms with E-state index in [0.29, 0.717) is 18.7 Å². The van der Waals surface area contributed by atoms with Crippen molar-refractivity contribution in [1.82, 2.24) is 5.32 Å². The second kappa shape index (κ2) is 7.32. The van der Waals surface area contributed by atoms with E-state index in [-0.39, 0.29) is 0 Å². The van der Waals surface area contributed by atoms with Gasteiger partial charge in [-0.3, -0.25) is 0 Å². The standard InChI is InChI=1S/C17H18N2O2/c1-19-11-14-7-8-16(20-2)9-17(14)21-12-15-6-4-3-5-13(15)10-18/h3-9,19H,11-12H2,1-2H3. The zero-order chi connectivity index (χ0) is 15.1. The molecule has 0 unspecified atom stereocenters. The first-order valence-corrected chi connectivity index (χ1v) is 6.70. The molecule has 0 saturated heterocycles. The maximum Gasteiger partial charge on any atom is 0.127 e. The van der Waals surface area contributed by atoms with Crippen molar-refractivity contribution >= 4 is 0 Å². The van der Waals surface area contributed by atoms with Crippen molar-refractivity contribution in [2.45, 2.75) is 13.2 Å². The second-order valence-corrected chi connectivity index (χ2v) is 4.56. The minimum Gasteiger partial charge on any atom is -0.497 e. The predicted octanol–water partition coefficient (Wildman–Crippen LogP) is 2.87. The summed E-state index contributed by atoms with van der Waals surface area (Å²) in [6, 6.07) is 15.4. The van der Waals surface area contributed by atoms with Crippen LogP contribution in [0.4, 0.5) is 0 Å². The normalized spacial score (nSPS) is 9.95. The molecule has 0 aliphatic carbocycles. The molecule has 108 valence electrons. The lowest BCUT2D eigenvalue weighted by atomic mass is 10.1. The van der Waals surface area contributed by atoms with E-state index in [2.05, 4.69) is 11.4 Å². The number of nitrogens with one attached hydrogen (secondary N) is 1. The van der Waals surface area contributed by atoms with Gasteiger partial charge in [0.25, 0.3) is 0 Å². The summed E-state index contributed by atoms with van der Waals surface area (Å²) in [6.07, 6.45) is 0. The van der Waals surface area contributed by atoms with Crippen LogP contribution >= 0.6 is 0 Å². The first-order valence-electron chi connectivity index (χ1n) is 6.70. The third-order valence-corrected chi connectivity index (χ3v) is 3.16. The largest absolute Gasteiger partial charge is 0.497 e. The molecule has 0 heterocycles. The highest BCUT2D eigenvalue weighted by Gasteiger charge is 2.07. The molecule has 0 amide bonds. The van der Waals surface area contributed by atoms with Crippen molar-refractivity contribution < 1.29 is 9.47 Å². The fourth-order valence-corrected chi connectivity index (χ4v) is 2.04. The molecule has 4 nitrogen and oxygen atoms in total. The summed E-state index contributed by atoms with van der Waals surface area (Å²) in [6.45, 7) is 1.06. The highest BCUT2D eigenvalue weighted by molar-refractivity contribution is 5.42. The van der Waals surface area contributed by atoms with Gasteiger partial charge in [-0.2, -0.15) is 5.26 Å². The molecule has 0 spiro atoms. The number of ether oxygens (including phenoxy) is 2. The zero-order valence-corrected chi connectivity index (χ0v) is 12.2. The number of hydrogen-bond donors (Lipinski definition) is 1. The minimum atomic E-state index is 0.355. The Labute approximate surface area is 124 Å². The zero-order valence-electron chi connectivity index (χ0n) is 12.2. The Morgan fingerprint density at radius 2 is 1.95 bits per heavy atom. The maximum atomic E-state index is 9.10. The maximum absolute atomic E-state index is 9.10. The lowest BCUT2D eigenvalue weighted by Gasteiger charge is -2.13. The molecule has 4 heteroatoms. The quantitative estimate of drug-likeness (QED) is 0.885. The third-order valence-electron chi connectivity index (χ3n) is 3.16. The number of hydrogen-bond acceptors (Lipinski definition) is 4. The van der Waals surface area contributed by atoms with Crippen LogP contribution in [-0.2, 0) is 13.2 Å². The van der Waals surface area contributed by atoms with Crippen LogP contribution in [0.1, 0.15) is 16.7 Å². The van der Waals surface area contributed by atoms with E-state index in [4.69, 9.17) is 14.7 Å². The van der Waals surface area contributed by atoms with Crippen LogP contribution in [-0.4, -0.2) is 14.2 Å². The van der Waals surface area contributed by atoms with Crippen LogP contribution in [0, 0.1) is 11.3 Å². The van der Waals surface area contributed by atoms with Crippen LogP contribution in [0.2, 0.25) is 0 Å². The molecule has 21 heavy (non-hydrogen) atoms. The van der Waals surface area contributed by atoms with Crippen molar-refractivity contribution in [2.24, 2.45) is 0 Å². The molecule has 2 aromatic carbocycles. The molecule has 0 aliphatic rings. The van der Waals surface area contributed by atoms with E-state index in [1.165, 1.54) is 0 Å². The summed E-state index contributed by atoms with van der Waals surface area (Å²) in [5.74, 6) is 1.51. The Hall–Kier alpha value is -2.51. The van der Waals surface area contributed by atoms with Crippen LogP contribution in [0.5, 0.6) is 11.5 Å². The van der Waals surface area contributed by atoms with Crippen molar-refractivity contribution in [1.29, 1.82) is 5.26 Å². The fraction of sp³-hybridized carbons (Fsp3) is 0.235. The van der Waals surface area contributed by atoms with E-state index in [1.54, 1.807) is 13.2 Å². The van der Waals surface area contributed by atoms with Crippen LogP contribution in [0.3, 0.4) is 0 Å². The SMILES string of the molecule is CNCc1ccc(OC)cc1OCc1ccccc1C#N. The molecule has 0 bridgehead atoms. The van der Waals surface area contributed by atoms with Gasteiger partial charge in [0.1, 0.15) is 18.1 Å². The number of benzene rings is 2. The summed E-state index contributed by atoms with van der Waals surface area (Å²) in [5, 5.41) is 12.2. The topological polar surface area (TPSA) is 54.3 Å². The molecular formula is C17H18N2O2. The molecule has 0 radical (unpaired) electrons. The van der Waals surface area contributed by atoms with Crippen LogP contribution in [0.25, 0.3) is 0 Å². The van der Waals surface area contributed by atoms with Crippen molar-refractivity contribution in [3.8, 4) is 17.6 Å². The van der Waals surface area contributed by atoms with Gasteiger partial charge in [-0.15, -0.1) is 0 Å². The van der Waals surface area contributed by atoms with Gasteiger partial charge in [0, 0.05) is 23.7 Å². The van der Waals surface area contributed by atoms with E-state index in [0.717, 1.165) is 22.6 Å². The van der Waals surface area contributed by atoms with Gasteiger partial charge in [-0.05, 0) is 19.2 Å². The van der Waals surface area contributed by atoms with Crippen molar-refractivity contribution in [3.63, 3.8) is 0 Å². The molecule has 0 fully saturated rings. The third kappa shape index (κ3) is 3.74. The van der Waals surface area contributed by atoms with E-state index >= 15 is 0 Å².